The minimum Gasteiger partial charge on any atom is -0.756 e. The number of carboxylic acid groups (broad SMARTS) is 1. The van der Waals surface area contributed by atoms with Gasteiger partial charge in [0.1, 0.15) is 0 Å². The number of quaternary nitrogens is 1. The summed E-state index contributed by atoms with van der Waals surface area (Å²) >= 11 is 0. The van der Waals surface area contributed by atoms with Crippen molar-refractivity contribution in [3.05, 3.63) is 0 Å². The van der Waals surface area contributed by atoms with E-state index in [0.29, 0.717) is 0 Å². The highest BCUT2D eigenvalue weighted by molar-refractivity contribution is 7.43. The summed E-state index contributed by atoms with van der Waals surface area (Å²) in [4.78, 5) is 32.8. The third-order valence-corrected chi connectivity index (χ3v) is 0.890. The minimum atomic E-state index is -4.89. The number of aliphatic carboxylic acids is 1. The van der Waals surface area contributed by atoms with Crippen molar-refractivity contribution in [1.29, 1.82) is 0 Å². The first-order chi connectivity index (χ1) is 5.18. The van der Waals surface area contributed by atoms with Gasteiger partial charge in [-0.1, -0.05) is 0 Å². The van der Waals surface area contributed by atoms with Crippen LogP contribution in [0.5, 0.6) is 0 Å². The average molecular weight is 201 g/mol. The Labute approximate surface area is 69.3 Å². The zero-order valence-corrected chi connectivity index (χ0v) is 7.56. The molecule has 0 aliphatic heterocycles. The Bertz CT molecular complexity index is 168. The Morgan fingerprint density at radius 3 is 1.83 bits per heavy atom. The van der Waals surface area contributed by atoms with E-state index in [9.17, 15) is 4.79 Å². The van der Waals surface area contributed by atoms with Crippen molar-refractivity contribution < 1.29 is 34.5 Å². The molecule has 0 bridgehead atoms. The summed E-state index contributed by atoms with van der Waals surface area (Å²) in [6, 6.07) is -0.306. The number of rotatable bonds is 2. The van der Waals surface area contributed by atoms with Gasteiger partial charge in [0.15, 0.2) is 6.04 Å². The average Bonchev–Trinajstić information content (AvgIpc) is 1.82. The van der Waals surface area contributed by atoms with Crippen LogP contribution in [-0.2, 0) is 9.36 Å². The predicted molar refractivity (Wildman–Crippen MR) is 37.0 cm³/mol. The molecule has 0 rings (SSSR count). The molecule has 0 saturated heterocycles. The molecular formula is C4H12NO6P. The molecule has 0 heterocycles. The quantitative estimate of drug-likeness (QED) is 0.354. The lowest BCUT2D eigenvalue weighted by molar-refractivity contribution is -0.648. The molecule has 0 aliphatic rings. The Morgan fingerprint density at radius 2 is 1.83 bits per heavy atom. The Balaban J connectivity index is 0. The fraction of sp³-hybridized carbons (Fsp3) is 0.750. The van der Waals surface area contributed by atoms with Gasteiger partial charge in [-0.05, 0) is 6.92 Å². The molecular weight excluding hydrogens is 189 g/mol. The molecule has 74 valence electrons. The van der Waals surface area contributed by atoms with Crippen LogP contribution < -0.4 is 10.2 Å². The summed E-state index contributed by atoms with van der Waals surface area (Å²) in [5, 5.41) is 9.79. The number of hydrogen-bond acceptors (Lipinski definition) is 3. The maximum absolute atomic E-state index is 9.90. The van der Waals surface area contributed by atoms with Gasteiger partial charge < -0.3 is 25.1 Å². The SMILES string of the molecule is C[NH2+][C@@H](C)C(=O)O.O=P([O-])(O)O. The fourth-order valence-electron chi connectivity index (χ4n) is 0.143. The molecule has 0 saturated carbocycles. The first-order valence-corrected chi connectivity index (χ1v) is 4.50. The lowest BCUT2D eigenvalue weighted by Gasteiger charge is -2.01. The number of hydrogen-bond donors (Lipinski definition) is 4. The van der Waals surface area contributed by atoms with Crippen molar-refractivity contribution in [2.75, 3.05) is 7.05 Å². The van der Waals surface area contributed by atoms with Crippen LogP contribution in [0.1, 0.15) is 6.92 Å². The highest BCUT2D eigenvalue weighted by Gasteiger charge is 2.08. The van der Waals surface area contributed by atoms with Crippen LogP contribution in [-0.4, -0.2) is 34.0 Å². The number of phosphoric acid groups is 1. The van der Waals surface area contributed by atoms with Gasteiger partial charge in [0.05, 0.1) is 7.05 Å². The first kappa shape index (κ1) is 14.1. The molecule has 0 aromatic heterocycles. The summed E-state index contributed by atoms with van der Waals surface area (Å²) in [5.74, 6) is -0.762. The Kier molecular flexibility index (Phi) is 7.16. The fourth-order valence-corrected chi connectivity index (χ4v) is 0.143. The third-order valence-electron chi connectivity index (χ3n) is 0.890. The summed E-state index contributed by atoms with van der Waals surface area (Å²) in [7, 11) is -3.15. The largest absolute Gasteiger partial charge is 0.756 e. The van der Waals surface area contributed by atoms with Gasteiger partial charge in [-0.2, -0.15) is 0 Å². The molecule has 7 nitrogen and oxygen atoms in total. The predicted octanol–water partition coefficient (Wildman–Crippen LogP) is -2.91. The lowest BCUT2D eigenvalue weighted by atomic mass is 10.4. The van der Waals surface area contributed by atoms with Gasteiger partial charge >= 0.3 is 5.97 Å². The van der Waals surface area contributed by atoms with Crippen molar-refractivity contribution in [1.82, 2.24) is 0 Å². The molecule has 0 aromatic carbocycles. The topological polar surface area (TPSA) is 134 Å². The van der Waals surface area contributed by atoms with E-state index >= 15 is 0 Å². The zero-order valence-electron chi connectivity index (χ0n) is 6.67. The van der Waals surface area contributed by atoms with Crippen LogP contribution in [0.25, 0.3) is 0 Å². The van der Waals surface area contributed by atoms with E-state index in [2.05, 4.69) is 0 Å². The van der Waals surface area contributed by atoms with Gasteiger partial charge in [-0.25, -0.2) is 4.79 Å². The van der Waals surface area contributed by atoms with Crippen molar-refractivity contribution in [3.63, 3.8) is 0 Å². The number of likely N-dealkylation sites (N-methyl/N-ethyl adjacent to an activating group) is 1. The Hall–Kier alpha value is -0.460. The molecule has 0 aliphatic carbocycles. The summed E-state index contributed by atoms with van der Waals surface area (Å²) in [6.07, 6.45) is 0. The van der Waals surface area contributed by atoms with Gasteiger partial charge in [0.2, 0.25) is 0 Å². The molecule has 0 fully saturated rings. The molecule has 0 spiro atoms. The summed E-state index contributed by atoms with van der Waals surface area (Å²) in [5.41, 5.74) is 0. The molecule has 12 heavy (non-hydrogen) atoms. The number of carboxylic acids is 1. The van der Waals surface area contributed by atoms with Crippen molar-refractivity contribution in [3.8, 4) is 0 Å². The summed E-state index contributed by atoms with van der Waals surface area (Å²) < 4.78 is 8.77. The second-order valence-corrected chi connectivity index (χ2v) is 2.93. The van der Waals surface area contributed by atoms with E-state index in [1.54, 1.807) is 19.3 Å². The number of carbonyl (C=O) groups is 1. The smallest absolute Gasteiger partial charge is 0.362 e. The highest BCUT2D eigenvalue weighted by Crippen LogP contribution is 2.18. The molecule has 0 amide bonds. The molecule has 5 N–H and O–H groups in total. The van der Waals surface area contributed by atoms with Crippen molar-refractivity contribution in [2.45, 2.75) is 13.0 Å². The van der Waals surface area contributed by atoms with E-state index in [0.717, 1.165) is 0 Å². The maximum atomic E-state index is 9.90. The standard InChI is InChI=1S/C4H9NO2.H3O4P/c1-3(5-2)4(6)7;1-5(2,3)4/h3,5H,1-2H3,(H,6,7);(H3,1,2,3,4)/t3-;/m0./s1. The normalized spacial score (nSPS) is 12.8. The van der Waals surface area contributed by atoms with Gasteiger partial charge in [0, 0.05) is 0 Å². The highest BCUT2D eigenvalue weighted by atomic mass is 31.2. The van der Waals surface area contributed by atoms with Gasteiger partial charge in [-0.3, -0.25) is 4.57 Å². The van der Waals surface area contributed by atoms with Crippen LogP contribution >= 0.6 is 7.82 Å². The van der Waals surface area contributed by atoms with E-state index in [1.165, 1.54) is 0 Å². The molecule has 1 atom stereocenters. The van der Waals surface area contributed by atoms with Crippen LogP contribution in [0, 0.1) is 0 Å². The van der Waals surface area contributed by atoms with Crippen LogP contribution in [0.15, 0.2) is 0 Å². The molecule has 8 heteroatoms. The van der Waals surface area contributed by atoms with Gasteiger partial charge in [-0.15, -0.1) is 0 Å². The minimum absolute atomic E-state index is 0.306. The van der Waals surface area contributed by atoms with Crippen molar-refractivity contribution in [2.24, 2.45) is 0 Å². The maximum Gasteiger partial charge on any atom is 0.362 e. The van der Waals surface area contributed by atoms with E-state index in [1.807, 2.05) is 0 Å². The second kappa shape index (κ2) is 6.10. The van der Waals surface area contributed by atoms with E-state index < -0.39 is 13.8 Å². The zero-order chi connectivity index (χ0) is 10.4. The van der Waals surface area contributed by atoms with Gasteiger partial charge in [0.25, 0.3) is 7.82 Å². The van der Waals surface area contributed by atoms with E-state index in [-0.39, 0.29) is 6.04 Å². The monoisotopic (exact) mass is 201 g/mol. The molecule has 0 radical (unpaired) electrons. The van der Waals surface area contributed by atoms with Crippen molar-refractivity contribution >= 4 is 13.8 Å². The molecule has 0 aromatic rings. The second-order valence-electron chi connectivity index (χ2n) is 1.95. The molecule has 0 unspecified atom stereocenters. The Morgan fingerprint density at radius 1 is 1.58 bits per heavy atom. The number of nitrogens with two attached hydrogens (primary N) is 1. The summed E-state index contributed by atoms with van der Waals surface area (Å²) in [6.45, 7) is 1.64. The van der Waals surface area contributed by atoms with Crippen LogP contribution in [0.4, 0.5) is 0 Å². The first-order valence-electron chi connectivity index (χ1n) is 2.97. The van der Waals surface area contributed by atoms with Crippen LogP contribution in [0.3, 0.4) is 0 Å². The van der Waals surface area contributed by atoms with Crippen LogP contribution in [0.2, 0.25) is 0 Å². The lowest BCUT2D eigenvalue weighted by Crippen LogP contribution is -2.87. The van der Waals surface area contributed by atoms with E-state index in [4.69, 9.17) is 24.4 Å². The third kappa shape index (κ3) is 22.7.